The Bertz CT molecular complexity index is 311. The summed E-state index contributed by atoms with van der Waals surface area (Å²) in [6.45, 7) is 7.43. The summed E-state index contributed by atoms with van der Waals surface area (Å²) in [5.74, 6) is 0.693. The van der Waals surface area contributed by atoms with Crippen molar-refractivity contribution < 1.29 is 14.7 Å². The number of carboxylic acid groups (broad SMARTS) is 1. The van der Waals surface area contributed by atoms with Gasteiger partial charge in [-0.25, -0.2) is 4.79 Å². The van der Waals surface area contributed by atoms with Crippen LogP contribution >= 0.6 is 0 Å². The predicted molar refractivity (Wildman–Crippen MR) is 70.7 cm³/mol. The molecule has 0 aromatic carbocycles. The molecule has 1 fully saturated rings. The summed E-state index contributed by atoms with van der Waals surface area (Å²) in [5, 5.41) is 9.34. The molecule has 0 unspecified atom stereocenters. The van der Waals surface area contributed by atoms with E-state index in [1.807, 2.05) is 20.8 Å². The van der Waals surface area contributed by atoms with Gasteiger partial charge < -0.3 is 14.8 Å². The lowest BCUT2D eigenvalue weighted by molar-refractivity contribution is -0.118. The first kappa shape index (κ1) is 15.0. The van der Waals surface area contributed by atoms with E-state index in [0.717, 1.165) is 25.7 Å². The molecular formula is C14H25NO3. The van der Waals surface area contributed by atoms with Gasteiger partial charge in [0.15, 0.2) is 0 Å². The minimum Gasteiger partial charge on any atom is -0.465 e. The molecule has 0 aliphatic heterocycles. The van der Waals surface area contributed by atoms with E-state index in [1.165, 1.54) is 0 Å². The van der Waals surface area contributed by atoms with Crippen molar-refractivity contribution in [2.45, 2.75) is 71.4 Å². The maximum Gasteiger partial charge on any atom is 0.407 e. The fraction of sp³-hybridized carbons (Fsp3) is 0.857. The highest BCUT2D eigenvalue weighted by molar-refractivity contribution is 5.75. The molecule has 1 N–H and O–H groups in total. The number of rotatable bonds is 3. The van der Waals surface area contributed by atoms with Gasteiger partial charge in [0.25, 0.3) is 0 Å². The molecule has 4 nitrogen and oxygen atoms in total. The zero-order valence-corrected chi connectivity index (χ0v) is 11.9. The van der Waals surface area contributed by atoms with Crippen LogP contribution in [0, 0.1) is 5.92 Å². The van der Waals surface area contributed by atoms with Gasteiger partial charge in [0, 0.05) is 18.0 Å². The van der Waals surface area contributed by atoms with Crippen molar-refractivity contribution in [3.63, 3.8) is 0 Å². The van der Waals surface area contributed by atoms with E-state index in [-0.39, 0.29) is 17.4 Å². The fourth-order valence-corrected chi connectivity index (χ4v) is 3.00. The first-order valence-corrected chi connectivity index (χ1v) is 6.73. The van der Waals surface area contributed by atoms with Crippen molar-refractivity contribution in [1.29, 1.82) is 0 Å². The topological polar surface area (TPSA) is 57.6 Å². The molecule has 0 aromatic heterocycles. The lowest BCUT2D eigenvalue weighted by Crippen LogP contribution is -2.52. The van der Waals surface area contributed by atoms with Crippen molar-refractivity contribution in [2.24, 2.45) is 5.92 Å². The number of nitrogens with zero attached hydrogens (tertiary/aromatic N) is 1. The Kier molecular flexibility index (Phi) is 4.77. The van der Waals surface area contributed by atoms with Crippen LogP contribution in [0.2, 0.25) is 0 Å². The predicted octanol–water partition coefficient (Wildman–Crippen LogP) is 3.30. The van der Waals surface area contributed by atoms with Gasteiger partial charge in [0.05, 0.1) is 0 Å². The highest BCUT2D eigenvalue weighted by Gasteiger charge is 2.35. The van der Waals surface area contributed by atoms with Crippen LogP contribution in [0.3, 0.4) is 0 Å². The fourth-order valence-electron chi connectivity index (χ4n) is 3.00. The minimum atomic E-state index is -0.836. The maximum atomic E-state index is 11.4. The molecule has 1 aliphatic rings. The van der Waals surface area contributed by atoms with E-state index in [9.17, 15) is 14.7 Å². The molecule has 1 amide bonds. The number of carbonyl (C=O) groups excluding carboxylic acids is 1. The zero-order chi connectivity index (χ0) is 13.9. The Morgan fingerprint density at radius 1 is 1.17 bits per heavy atom. The van der Waals surface area contributed by atoms with Gasteiger partial charge in [0.2, 0.25) is 0 Å². The Hall–Kier alpha value is -1.06. The molecule has 0 heterocycles. The Morgan fingerprint density at radius 2 is 1.67 bits per heavy atom. The number of hydrogen-bond donors (Lipinski definition) is 1. The highest BCUT2D eigenvalue weighted by atomic mass is 16.4. The molecule has 0 atom stereocenters. The molecule has 0 radical (unpaired) electrons. The van der Waals surface area contributed by atoms with Gasteiger partial charge in [-0.05, 0) is 59.3 Å². The van der Waals surface area contributed by atoms with E-state index in [4.69, 9.17) is 0 Å². The molecule has 0 bridgehead atoms. The van der Waals surface area contributed by atoms with Gasteiger partial charge in [-0.1, -0.05) is 0 Å². The largest absolute Gasteiger partial charge is 0.465 e. The summed E-state index contributed by atoms with van der Waals surface area (Å²) in [6, 6.07) is 0.103. The van der Waals surface area contributed by atoms with Gasteiger partial charge in [-0.15, -0.1) is 0 Å². The number of ketones is 1. The maximum absolute atomic E-state index is 11.4. The molecular weight excluding hydrogens is 230 g/mol. The van der Waals surface area contributed by atoms with Gasteiger partial charge >= 0.3 is 6.09 Å². The van der Waals surface area contributed by atoms with E-state index in [1.54, 1.807) is 11.8 Å². The Balaban J connectivity index is 2.60. The SMILES string of the molecule is CC(=O)CC1CCC(N(C(=O)O)C(C)(C)C)CC1. The highest BCUT2D eigenvalue weighted by Crippen LogP contribution is 2.32. The molecule has 1 aliphatic carbocycles. The lowest BCUT2D eigenvalue weighted by atomic mass is 9.81. The monoisotopic (exact) mass is 255 g/mol. The van der Waals surface area contributed by atoms with Crippen molar-refractivity contribution >= 4 is 11.9 Å². The molecule has 1 rings (SSSR count). The van der Waals surface area contributed by atoms with E-state index in [0.29, 0.717) is 12.3 Å². The average molecular weight is 255 g/mol. The second kappa shape index (κ2) is 5.72. The van der Waals surface area contributed by atoms with Gasteiger partial charge in [-0.3, -0.25) is 0 Å². The molecule has 18 heavy (non-hydrogen) atoms. The zero-order valence-electron chi connectivity index (χ0n) is 11.9. The molecule has 1 saturated carbocycles. The first-order valence-electron chi connectivity index (χ1n) is 6.73. The van der Waals surface area contributed by atoms with E-state index >= 15 is 0 Å². The summed E-state index contributed by atoms with van der Waals surface area (Å²) in [7, 11) is 0. The summed E-state index contributed by atoms with van der Waals surface area (Å²) in [5.41, 5.74) is -0.357. The van der Waals surface area contributed by atoms with Crippen LogP contribution in [-0.2, 0) is 4.79 Å². The molecule has 0 saturated heterocycles. The van der Waals surface area contributed by atoms with Crippen LogP contribution in [0.25, 0.3) is 0 Å². The van der Waals surface area contributed by atoms with Crippen LogP contribution in [0.5, 0.6) is 0 Å². The summed E-state index contributed by atoms with van der Waals surface area (Å²) in [6.07, 6.45) is 3.49. The number of hydrogen-bond acceptors (Lipinski definition) is 2. The van der Waals surface area contributed by atoms with Crippen molar-refractivity contribution in [1.82, 2.24) is 4.90 Å². The third-order valence-electron chi connectivity index (χ3n) is 3.69. The van der Waals surface area contributed by atoms with Crippen molar-refractivity contribution in [3.8, 4) is 0 Å². The summed E-state index contributed by atoms with van der Waals surface area (Å²) >= 11 is 0. The van der Waals surface area contributed by atoms with E-state index in [2.05, 4.69) is 0 Å². The number of carbonyl (C=O) groups is 2. The summed E-state index contributed by atoms with van der Waals surface area (Å²) < 4.78 is 0. The first-order chi connectivity index (χ1) is 8.21. The molecule has 0 aromatic rings. The number of Topliss-reactive ketones (excluding diaryl/α,β-unsaturated/α-hetero) is 1. The molecule has 104 valence electrons. The average Bonchev–Trinajstić information content (AvgIpc) is 2.17. The van der Waals surface area contributed by atoms with E-state index < -0.39 is 6.09 Å². The molecule has 0 spiro atoms. The van der Waals surface area contributed by atoms with Crippen LogP contribution in [0.1, 0.15) is 59.8 Å². The lowest BCUT2D eigenvalue weighted by Gasteiger charge is -2.42. The third kappa shape index (κ3) is 4.00. The van der Waals surface area contributed by atoms with Crippen molar-refractivity contribution in [3.05, 3.63) is 0 Å². The smallest absolute Gasteiger partial charge is 0.407 e. The Morgan fingerprint density at radius 3 is 2.00 bits per heavy atom. The van der Waals surface area contributed by atoms with Crippen molar-refractivity contribution in [2.75, 3.05) is 0 Å². The van der Waals surface area contributed by atoms with Crippen LogP contribution < -0.4 is 0 Å². The molecule has 4 heteroatoms. The second-order valence-electron chi connectivity index (χ2n) is 6.40. The number of amides is 1. The second-order valence-corrected chi connectivity index (χ2v) is 6.40. The standard InChI is InChI=1S/C14H25NO3/c1-10(16)9-11-5-7-12(8-6-11)15(13(17)18)14(2,3)4/h11-12H,5-9H2,1-4H3,(H,17,18). The van der Waals surface area contributed by atoms with Crippen LogP contribution in [0.4, 0.5) is 4.79 Å². The summed E-state index contributed by atoms with van der Waals surface area (Å²) in [4.78, 5) is 24.0. The third-order valence-corrected chi connectivity index (χ3v) is 3.69. The van der Waals surface area contributed by atoms with Gasteiger partial charge in [0.1, 0.15) is 5.78 Å². The van der Waals surface area contributed by atoms with Gasteiger partial charge in [-0.2, -0.15) is 0 Å². The quantitative estimate of drug-likeness (QED) is 0.841. The normalized spacial score (nSPS) is 24.7. The minimum absolute atomic E-state index is 0.103. The van der Waals surface area contributed by atoms with Crippen LogP contribution in [0.15, 0.2) is 0 Å². The van der Waals surface area contributed by atoms with Crippen LogP contribution in [-0.4, -0.2) is 33.5 Å². The Labute approximate surface area is 109 Å².